The van der Waals surface area contributed by atoms with Crippen LogP contribution in [0.1, 0.15) is 43.4 Å². The maximum absolute atomic E-state index is 11.9. The van der Waals surface area contributed by atoms with Gasteiger partial charge in [0.1, 0.15) is 5.76 Å². The van der Waals surface area contributed by atoms with Gasteiger partial charge in [0.15, 0.2) is 0 Å². The van der Waals surface area contributed by atoms with Crippen molar-refractivity contribution in [3.8, 4) is 0 Å². The molecule has 112 valence electrons. The Morgan fingerprint density at radius 2 is 2.10 bits per heavy atom. The van der Waals surface area contributed by atoms with E-state index in [9.17, 15) is 4.79 Å². The van der Waals surface area contributed by atoms with Crippen LogP contribution in [0.5, 0.6) is 0 Å². The van der Waals surface area contributed by atoms with Crippen molar-refractivity contribution in [3.05, 3.63) is 47.7 Å². The molecule has 1 amide bonds. The Labute approximate surface area is 124 Å². The number of hydrogen-bond acceptors (Lipinski definition) is 4. The quantitative estimate of drug-likeness (QED) is 0.800. The van der Waals surface area contributed by atoms with Gasteiger partial charge in [-0.1, -0.05) is 26.0 Å². The molecule has 0 aliphatic heterocycles. The average molecular weight is 287 g/mol. The van der Waals surface area contributed by atoms with Crippen LogP contribution in [0.3, 0.4) is 0 Å². The van der Waals surface area contributed by atoms with Crippen molar-refractivity contribution in [1.82, 2.24) is 10.3 Å². The molecule has 21 heavy (non-hydrogen) atoms. The SMILES string of the molecule is CCc1cnc(CNC(=O)CC(C)c2ccc(N)cc2)o1. The first-order valence-corrected chi connectivity index (χ1v) is 7.14. The van der Waals surface area contributed by atoms with Gasteiger partial charge in [0, 0.05) is 18.5 Å². The Kier molecular flexibility index (Phi) is 4.98. The molecule has 0 aliphatic rings. The van der Waals surface area contributed by atoms with E-state index in [1.165, 1.54) is 0 Å². The van der Waals surface area contributed by atoms with Crippen LogP contribution in [0.4, 0.5) is 5.69 Å². The zero-order valence-electron chi connectivity index (χ0n) is 12.4. The number of nitrogens with two attached hydrogens (primary N) is 1. The van der Waals surface area contributed by atoms with Crippen LogP contribution in [0.15, 0.2) is 34.9 Å². The molecule has 1 atom stereocenters. The Morgan fingerprint density at radius 1 is 1.38 bits per heavy atom. The van der Waals surface area contributed by atoms with Gasteiger partial charge in [-0.3, -0.25) is 4.79 Å². The smallest absolute Gasteiger partial charge is 0.221 e. The number of aryl methyl sites for hydroxylation is 1. The molecule has 0 spiro atoms. The zero-order chi connectivity index (χ0) is 15.2. The first kappa shape index (κ1) is 15.1. The highest BCUT2D eigenvalue weighted by Crippen LogP contribution is 2.20. The molecule has 0 radical (unpaired) electrons. The molecule has 5 nitrogen and oxygen atoms in total. The molecule has 0 saturated heterocycles. The number of nitrogens with one attached hydrogen (secondary N) is 1. The van der Waals surface area contributed by atoms with E-state index < -0.39 is 0 Å². The molecule has 1 aromatic carbocycles. The van der Waals surface area contributed by atoms with E-state index in [1.807, 2.05) is 38.1 Å². The Hall–Kier alpha value is -2.30. The number of amides is 1. The van der Waals surface area contributed by atoms with Gasteiger partial charge in [0.2, 0.25) is 11.8 Å². The summed E-state index contributed by atoms with van der Waals surface area (Å²) in [4.78, 5) is 16.0. The van der Waals surface area contributed by atoms with Crippen molar-refractivity contribution in [3.63, 3.8) is 0 Å². The van der Waals surface area contributed by atoms with Gasteiger partial charge in [-0.05, 0) is 23.6 Å². The van der Waals surface area contributed by atoms with Crippen LogP contribution in [-0.4, -0.2) is 10.9 Å². The fourth-order valence-corrected chi connectivity index (χ4v) is 2.06. The van der Waals surface area contributed by atoms with E-state index in [4.69, 9.17) is 10.2 Å². The van der Waals surface area contributed by atoms with Crippen molar-refractivity contribution in [1.29, 1.82) is 0 Å². The molecule has 2 aromatic rings. The van der Waals surface area contributed by atoms with Crippen LogP contribution >= 0.6 is 0 Å². The van der Waals surface area contributed by atoms with Crippen molar-refractivity contribution in [2.45, 2.75) is 39.2 Å². The van der Waals surface area contributed by atoms with E-state index in [1.54, 1.807) is 6.20 Å². The highest BCUT2D eigenvalue weighted by molar-refractivity contribution is 5.76. The van der Waals surface area contributed by atoms with Crippen LogP contribution in [0, 0.1) is 0 Å². The second-order valence-corrected chi connectivity index (χ2v) is 5.12. The van der Waals surface area contributed by atoms with E-state index >= 15 is 0 Å². The van der Waals surface area contributed by atoms with Crippen LogP contribution in [-0.2, 0) is 17.8 Å². The standard InChI is InChI=1S/C16H21N3O2/c1-3-14-9-19-16(21-14)10-18-15(20)8-11(2)12-4-6-13(17)7-5-12/h4-7,9,11H,3,8,10,17H2,1-2H3,(H,18,20). The third kappa shape index (κ3) is 4.34. The van der Waals surface area contributed by atoms with Crippen molar-refractivity contribution >= 4 is 11.6 Å². The van der Waals surface area contributed by atoms with Crippen LogP contribution in [0.2, 0.25) is 0 Å². The summed E-state index contributed by atoms with van der Waals surface area (Å²) in [7, 11) is 0. The molecule has 1 heterocycles. The predicted molar refractivity (Wildman–Crippen MR) is 81.6 cm³/mol. The molecule has 1 unspecified atom stereocenters. The summed E-state index contributed by atoms with van der Waals surface area (Å²) in [5.41, 5.74) is 7.49. The molecule has 3 N–H and O–H groups in total. The number of aromatic nitrogens is 1. The van der Waals surface area contributed by atoms with Gasteiger partial charge in [0.05, 0.1) is 12.7 Å². The minimum atomic E-state index is -0.0180. The molecular formula is C16H21N3O2. The topological polar surface area (TPSA) is 81.2 Å². The summed E-state index contributed by atoms with van der Waals surface area (Å²) in [6, 6.07) is 7.61. The third-order valence-electron chi connectivity index (χ3n) is 3.38. The first-order valence-electron chi connectivity index (χ1n) is 7.14. The van der Waals surface area contributed by atoms with Gasteiger partial charge in [-0.2, -0.15) is 0 Å². The molecule has 0 fully saturated rings. The predicted octanol–water partition coefficient (Wildman–Crippen LogP) is 2.63. The number of anilines is 1. The van der Waals surface area contributed by atoms with Crippen LogP contribution < -0.4 is 11.1 Å². The van der Waals surface area contributed by atoms with Crippen LogP contribution in [0.25, 0.3) is 0 Å². The largest absolute Gasteiger partial charge is 0.444 e. The zero-order valence-corrected chi connectivity index (χ0v) is 12.4. The van der Waals surface area contributed by atoms with Crippen molar-refractivity contribution in [2.75, 3.05) is 5.73 Å². The Bertz CT molecular complexity index is 590. The van der Waals surface area contributed by atoms with Gasteiger partial charge in [-0.25, -0.2) is 4.98 Å². The maximum atomic E-state index is 11.9. The molecule has 5 heteroatoms. The average Bonchev–Trinajstić information content (AvgIpc) is 2.94. The van der Waals surface area contributed by atoms with E-state index in [0.717, 1.165) is 23.4 Å². The fourth-order valence-electron chi connectivity index (χ4n) is 2.06. The summed E-state index contributed by atoms with van der Waals surface area (Å²) in [5.74, 6) is 1.49. The lowest BCUT2D eigenvalue weighted by Gasteiger charge is -2.11. The minimum Gasteiger partial charge on any atom is -0.444 e. The number of hydrogen-bond donors (Lipinski definition) is 2. The molecule has 0 aliphatic carbocycles. The first-order chi connectivity index (χ1) is 10.1. The van der Waals surface area contributed by atoms with Gasteiger partial charge < -0.3 is 15.5 Å². The highest BCUT2D eigenvalue weighted by atomic mass is 16.4. The Morgan fingerprint density at radius 3 is 2.71 bits per heavy atom. The second-order valence-electron chi connectivity index (χ2n) is 5.12. The van der Waals surface area contributed by atoms with Gasteiger partial charge >= 0.3 is 0 Å². The fraction of sp³-hybridized carbons (Fsp3) is 0.375. The molecule has 0 saturated carbocycles. The summed E-state index contributed by atoms with van der Waals surface area (Å²) >= 11 is 0. The molecule has 1 aromatic heterocycles. The van der Waals surface area contributed by atoms with Gasteiger partial charge in [0.25, 0.3) is 0 Å². The molecular weight excluding hydrogens is 266 g/mol. The second kappa shape index (κ2) is 6.92. The number of oxazole rings is 1. The lowest BCUT2D eigenvalue weighted by atomic mass is 9.97. The number of rotatable bonds is 6. The van der Waals surface area contributed by atoms with E-state index in [-0.39, 0.29) is 11.8 Å². The lowest BCUT2D eigenvalue weighted by molar-refractivity contribution is -0.121. The summed E-state index contributed by atoms with van der Waals surface area (Å²) < 4.78 is 5.45. The number of benzene rings is 1. The molecule has 0 bridgehead atoms. The van der Waals surface area contributed by atoms with Crippen molar-refractivity contribution in [2.24, 2.45) is 0 Å². The summed E-state index contributed by atoms with van der Waals surface area (Å²) in [6.45, 7) is 4.34. The normalized spacial score (nSPS) is 12.1. The number of carbonyl (C=O) groups excluding carboxylic acids is 1. The summed E-state index contributed by atoms with van der Waals surface area (Å²) in [6.07, 6.45) is 2.92. The summed E-state index contributed by atoms with van der Waals surface area (Å²) in [5, 5.41) is 2.83. The van der Waals surface area contributed by atoms with E-state index in [0.29, 0.717) is 18.9 Å². The highest BCUT2D eigenvalue weighted by Gasteiger charge is 2.12. The minimum absolute atomic E-state index is 0.0180. The number of carbonyl (C=O) groups is 1. The lowest BCUT2D eigenvalue weighted by Crippen LogP contribution is -2.24. The van der Waals surface area contributed by atoms with Gasteiger partial charge in [-0.15, -0.1) is 0 Å². The number of nitrogens with zero attached hydrogens (tertiary/aromatic N) is 1. The van der Waals surface area contributed by atoms with E-state index in [2.05, 4.69) is 10.3 Å². The maximum Gasteiger partial charge on any atom is 0.221 e. The monoisotopic (exact) mass is 287 g/mol. The Balaban J connectivity index is 1.82. The molecule has 2 rings (SSSR count). The number of nitrogen functional groups attached to an aromatic ring is 1. The van der Waals surface area contributed by atoms with Crippen molar-refractivity contribution < 1.29 is 9.21 Å². The third-order valence-corrected chi connectivity index (χ3v) is 3.38.